The van der Waals surface area contributed by atoms with Crippen LogP contribution in [0.15, 0.2) is 0 Å². The molecule has 232 valence electrons. The smallest absolute Gasteiger partial charge is 0.160 e. The molecule has 1 N–H and O–H groups in total. The number of Topliss-reactive ketones (excluding diaryl/α,β-unsaturated/α-hetero) is 1. The van der Waals surface area contributed by atoms with Crippen LogP contribution in [-0.2, 0) is 9.22 Å². The molecule has 0 amide bonds. The van der Waals surface area contributed by atoms with Gasteiger partial charge in [-0.3, -0.25) is 4.79 Å². The number of hydrogen-bond donors (Lipinski definition) is 1. The first-order valence-electron chi connectivity index (χ1n) is 17.4. The Morgan fingerprint density at radius 2 is 1.03 bits per heavy atom. The van der Waals surface area contributed by atoms with Gasteiger partial charge in [0.1, 0.15) is 5.78 Å². The summed E-state index contributed by atoms with van der Waals surface area (Å²) in [6.45, 7) is 25.2. The number of aliphatic hydroxyl groups is 1. The van der Waals surface area contributed by atoms with Crippen molar-refractivity contribution in [2.24, 2.45) is 11.8 Å². The molecule has 0 aromatic rings. The van der Waals surface area contributed by atoms with Crippen LogP contribution >= 0.6 is 0 Å². The number of ketones is 1. The average Bonchev–Trinajstić information content (AvgIpc) is 2.96. The van der Waals surface area contributed by atoms with Gasteiger partial charge in [0.15, 0.2) is 6.87 Å². The van der Waals surface area contributed by atoms with E-state index in [-0.39, 0.29) is 11.9 Å². The van der Waals surface area contributed by atoms with Crippen LogP contribution in [0.1, 0.15) is 121 Å². The maximum absolute atomic E-state index is 13.7. The van der Waals surface area contributed by atoms with Gasteiger partial charge in [0, 0.05) is 12.8 Å². The molecule has 0 heterocycles. The van der Waals surface area contributed by atoms with Crippen molar-refractivity contribution in [3.63, 3.8) is 0 Å². The van der Waals surface area contributed by atoms with Crippen LogP contribution in [0.5, 0.6) is 0 Å². The van der Waals surface area contributed by atoms with Gasteiger partial charge >= 0.3 is 0 Å². The van der Waals surface area contributed by atoms with E-state index < -0.39 is 35.7 Å². The fourth-order valence-electron chi connectivity index (χ4n) is 9.42. The zero-order valence-corrected chi connectivity index (χ0v) is 32.4. The van der Waals surface area contributed by atoms with Crippen LogP contribution in [0.4, 0.5) is 0 Å². The maximum atomic E-state index is 13.7. The lowest BCUT2D eigenvalue weighted by molar-refractivity contribution is -0.124. The molecule has 0 bridgehead atoms. The maximum Gasteiger partial charge on any atom is 0.160 e. The number of carbonyl (C=O) groups is 1. The van der Waals surface area contributed by atoms with Gasteiger partial charge in [-0.15, -0.1) is 0 Å². The van der Waals surface area contributed by atoms with E-state index in [1.807, 2.05) is 0 Å². The molecule has 3 nitrogen and oxygen atoms in total. The van der Waals surface area contributed by atoms with Crippen LogP contribution in [0.25, 0.3) is 0 Å². The summed E-state index contributed by atoms with van der Waals surface area (Å²) in [6.07, 6.45) is 6.26. The molecule has 0 radical (unpaired) electrons. The van der Waals surface area contributed by atoms with Crippen molar-refractivity contribution in [3.8, 4) is 0 Å². The van der Waals surface area contributed by atoms with Crippen molar-refractivity contribution in [2.75, 3.05) is 0 Å². The number of carbonyl (C=O) groups excluding carboxylic acids is 1. The summed E-state index contributed by atoms with van der Waals surface area (Å²) in [5.74, 6) is 0.898. The Balaban J connectivity index is 3.76. The van der Waals surface area contributed by atoms with E-state index >= 15 is 0 Å². The molecular formula is C32H70O3Si4. The van der Waals surface area contributed by atoms with Gasteiger partial charge in [0.05, 0.1) is 35.0 Å². The Morgan fingerprint density at radius 1 is 0.667 bits per heavy atom. The molecule has 0 spiro atoms. The minimum atomic E-state index is -2.20. The fraction of sp³-hybridized carbons (Fsp3) is 0.969. The monoisotopic (exact) mass is 614 g/mol. The highest BCUT2D eigenvalue weighted by Gasteiger charge is 2.72. The lowest BCUT2D eigenvalue weighted by Gasteiger charge is -2.65. The first-order valence-corrected chi connectivity index (χ1v) is 30.1. The zero-order valence-electron chi connectivity index (χ0n) is 28.4. The molecule has 0 aliphatic heterocycles. The third-order valence-corrected chi connectivity index (χ3v) is 82.5. The predicted octanol–water partition coefficient (Wildman–Crippen LogP) is 10.0. The minimum Gasteiger partial charge on any atom is -0.422 e. The summed E-state index contributed by atoms with van der Waals surface area (Å²) in [5, 5.41) is 11.0. The van der Waals surface area contributed by atoms with Crippen LogP contribution in [-0.4, -0.2) is 52.7 Å². The molecule has 0 saturated heterocycles. The molecule has 1 aliphatic rings. The molecule has 2 atom stereocenters. The lowest BCUT2D eigenvalue weighted by atomic mass is 9.83. The highest BCUT2D eigenvalue weighted by Crippen LogP contribution is 2.52. The van der Waals surface area contributed by atoms with E-state index in [1.54, 1.807) is 0 Å². The molecular weight excluding hydrogens is 545 g/mol. The second-order valence-electron chi connectivity index (χ2n) is 13.5. The summed E-state index contributed by atoms with van der Waals surface area (Å²) in [6, 6.07) is 12.2. The second kappa shape index (κ2) is 16.9. The van der Waals surface area contributed by atoms with Gasteiger partial charge in [-0.05, 0) is 24.7 Å². The van der Waals surface area contributed by atoms with Crippen LogP contribution in [0.3, 0.4) is 0 Å². The Kier molecular flexibility index (Phi) is 16.3. The van der Waals surface area contributed by atoms with E-state index in [0.717, 1.165) is 12.8 Å². The van der Waals surface area contributed by atoms with Crippen molar-refractivity contribution >= 4 is 35.4 Å². The van der Waals surface area contributed by atoms with Gasteiger partial charge in [0.2, 0.25) is 0 Å². The topological polar surface area (TPSA) is 46.5 Å². The molecule has 0 aromatic carbocycles. The summed E-state index contributed by atoms with van der Waals surface area (Å²) in [4.78, 5) is 13.7. The SMILES string of the molecule is CC[Si](CC)(CC)[Si](O[C@@H](CC(=O)C[C@@H](O)C1CCCCC1)C(C)C)([Si](CC)(CC)CC)[Si](CC)(CC)CC. The van der Waals surface area contributed by atoms with E-state index in [2.05, 4.69) is 76.2 Å². The van der Waals surface area contributed by atoms with Crippen molar-refractivity contribution in [2.45, 2.75) is 188 Å². The Bertz CT molecular complexity index is 620. The van der Waals surface area contributed by atoms with Crippen LogP contribution in [0, 0.1) is 11.8 Å². The van der Waals surface area contributed by atoms with Crippen LogP contribution < -0.4 is 0 Å². The largest absolute Gasteiger partial charge is 0.422 e. The zero-order chi connectivity index (χ0) is 29.9. The van der Waals surface area contributed by atoms with Crippen LogP contribution in [0.2, 0.25) is 54.4 Å². The van der Waals surface area contributed by atoms with E-state index in [0.29, 0.717) is 24.7 Å². The lowest BCUT2D eigenvalue weighted by Crippen LogP contribution is -2.90. The summed E-state index contributed by atoms with van der Waals surface area (Å²) in [7, 11) is -5.20. The Morgan fingerprint density at radius 3 is 1.33 bits per heavy atom. The first-order chi connectivity index (χ1) is 18.5. The number of aliphatic hydroxyl groups excluding tert-OH is 1. The molecule has 7 heteroatoms. The highest BCUT2D eigenvalue weighted by molar-refractivity contribution is 7.88. The number of hydrogen-bond acceptors (Lipinski definition) is 3. The predicted molar refractivity (Wildman–Crippen MR) is 184 cm³/mol. The molecule has 0 aromatic heterocycles. The molecule has 0 unspecified atom stereocenters. The van der Waals surface area contributed by atoms with Gasteiger partial charge in [-0.25, -0.2) is 0 Å². The van der Waals surface area contributed by atoms with Crippen molar-refractivity contribution < 1.29 is 14.3 Å². The van der Waals surface area contributed by atoms with E-state index in [9.17, 15) is 9.90 Å². The quantitative estimate of drug-likeness (QED) is 0.139. The second-order valence-corrected chi connectivity index (χ2v) is 49.5. The minimum absolute atomic E-state index is 0.0206. The van der Waals surface area contributed by atoms with Gasteiger partial charge in [-0.1, -0.05) is 150 Å². The molecule has 1 fully saturated rings. The Labute approximate surface area is 248 Å². The molecule has 1 saturated carbocycles. The van der Waals surface area contributed by atoms with E-state index in [4.69, 9.17) is 4.43 Å². The summed E-state index contributed by atoms with van der Waals surface area (Å²) in [5.41, 5.74) is 0. The molecule has 39 heavy (non-hydrogen) atoms. The average molecular weight is 615 g/mol. The van der Waals surface area contributed by atoms with Gasteiger partial charge in [0.25, 0.3) is 0 Å². The van der Waals surface area contributed by atoms with Gasteiger partial charge < -0.3 is 9.53 Å². The summed E-state index contributed by atoms with van der Waals surface area (Å²) >= 11 is 0. The normalized spacial score (nSPS) is 18.0. The van der Waals surface area contributed by atoms with Crippen molar-refractivity contribution in [3.05, 3.63) is 0 Å². The molecule has 1 rings (SSSR count). The number of rotatable bonds is 20. The summed E-state index contributed by atoms with van der Waals surface area (Å²) < 4.78 is 8.23. The van der Waals surface area contributed by atoms with E-state index in [1.165, 1.54) is 73.7 Å². The van der Waals surface area contributed by atoms with Crippen molar-refractivity contribution in [1.29, 1.82) is 0 Å². The van der Waals surface area contributed by atoms with Gasteiger partial charge in [-0.2, -0.15) is 0 Å². The van der Waals surface area contributed by atoms with Crippen molar-refractivity contribution in [1.82, 2.24) is 0 Å². The third kappa shape index (κ3) is 7.34. The third-order valence-electron chi connectivity index (χ3n) is 12.5. The fourth-order valence-corrected chi connectivity index (χ4v) is 110. The Hall–Kier alpha value is 0.458. The first kappa shape index (κ1) is 37.5. The highest BCUT2D eigenvalue weighted by atomic mass is 29.9. The molecule has 1 aliphatic carbocycles. The standard InChI is InChI=1S/C32H70O3Si4/c1-12-36(13-2,14-3)39(37(15-4,16-5)17-6,38(18-7,19-8)20-9)35-32(28(10)11)27-30(33)26-31(34)29-24-22-21-23-25-29/h28-29,31-32,34H,12-27H2,1-11H3/t31-,32+/m1/s1.